The highest BCUT2D eigenvalue weighted by Gasteiger charge is 2.35. The molecule has 0 fully saturated rings. The Morgan fingerprint density at radius 1 is 1.33 bits per heavy atom. The lowest BCUT2D eigenvalue weighted by Gasteiger charge is -1.98. The second kappa shape index (κ2) is 2.90. The van der Waals surface area contributed by atoms with E-state index in [0.29, 0.717) is 4.68 Å². The van der Waals surface area contributed by atoms with Gasteiger partial charge in [-0.05, 0) is 0 Å². The van der Waals surface area contributed by atoms with Gasteiger partial charge >= 0.3 is 6.29 Å². The zero-order chi connectivity index (χ0) is 9.14. The molecule has 0 unspecified atom stereocenters. The van der Waals surface area contributed by atoms with E-state index in [-0.39, 0.29) is 0 Å². The van der Waals surface area contributed by atoms with Crippen molar-refractivity contribution in [3.05, 3.63) is 32.6 Å². The van der Waals surface area contributed by atoms with Crippen LogP contribution in [0.25, 0.3) is 0 Å². The van der Waals surface area contributed by atoms with Crippen LogP contribution in [0, 0.1) is 20.2 Å². The van der Waals surface area contributed by atoms with Gasteiger partial charge in [-0.2, -0.15) is 0 Å². The van der Waals surface area contributed by atoms with Gasteiger partial charge in [0.05, 0.1) is 12.4 Å². The highest BCUT2D eigenvalue weighted by atomic mass is 16.7. The molecule has 0 aromatic carbocycles. The van der Waals surface area contributed by atoms with Crippen molar-refractivity contribution >= 4 is 0 Å². The van der Waals surface area contributed by atoms with Crippen molar-refractivity contribution in [1.29, 1.82) is 0 Å². The normalized spacial score (nSPS) is 10.1. The topological polar surface area (TPSA) is 117 Å². The van der Waals surface area contributed by atoms with Gasteiger partial charge in [-0.1, -0.05) is 5.21 Å². The van der Waals surface area contributed by atoms with E-state index in [2.05, 4.69) is 10.3 Å². The van der Waals surface area contributed by atoms with Crippen LogP contribution in [-0.4, -0.2) is 24.8 Å². The maximum atomic E-state index is 10.1. The van der Waals surface area contributed by atoms with Crippen molar-refractivity contribution in [1.82, 2.24) is 15.0 Å². The Labute approximate surface area is 64.9 Å². The minimum atomic E-state index is -2.09. The molecular formula is C3H3N5O4. The lowest BCUT2D eigenvalue weighted by Crippen LogP contribution is -2.26. The lowest BCUT2D eigenvalue weighted by molar-refractivity contribution is -0.775. The summed E-state index contributed by atoms with van der Waals surface area (Å²) in [5, 5.41) is 26.6. The first-order valence-corrected chi connectivity index (χ1v) is 2.75. The SMILES string of the molecule is O=[N+]([O-])C(n1ccnn1)[N+](=O)[O-]. The Balaban J connectivity index is 2.96. The van der Waals surface area contributed by atoms with Crippen LogP contribution in [0.1, 0.15) is 6.29 Å². The van der Waals surface area contributed by atoms with Crippen molar-refractivity contribution < 1.29 is 9.85 Å². The van der Waals surface area contributed by atoms with Crippen molar-refractivity contribution in [2.24, 2.45) is 0 Å². The largest absolute Gasteiger partial charge is 0.555 e. The maximum Gasteiger partial charge on any atom is 0.555 e. The molecule has 0 atom stereocenters. The average Bonchev–Trinajstić information content (AvgIpc) is 2.37. The van der Waals surface area contributed by atoms with E-state index in [1.807, 2.05) is 0 Å². The van der Waals surface area contributed by atoms with Crippen LogP contribution < -0.4 is 0 Å². The highest BCUT2D eigenvalue weighted by molar-refractivity contribution is 4.63. The van der Waals surface area contributed by atoms with Gasteiger partial charge in [-0.15, -0.1) is 9.78 Å². The van der Waals surface area contributed by atoms with E-state index in [0.717, 1.165) is 12.4 Å². The van der Waals surface area contributed by atoms with Crippen LogP contribution in [0.3, 0.4) is 0 Å². The third-order valence-corrected chi connectivity index (χ3v) is 1.05. The monoisotopic (exact) mass is 173 g/mol. The van der Waals surface area contributed by atoms with E-state index >= 15 is 0 Å². The van der Waals surface area contributed by atoms with Crippen LogP contribution in [0.15, 0.2) is 12.4 Å². The molecule has 1 heterocycles. The Kier molecular flexibility index (Phi) is 1.94. The first-order valence-electron chi connectivity index (χ1n) is 2.75. The summed E-state index contributed by atoms with van der Waals surface area (Å²) in [4.78, 5) is 18.1. The number of nitrogens with zero attached hydrogens (tertiary/aromatic N) is 5. The van der Waals surface area contributed by atoms with Crippen molar-refractivity contribution in [2.75, 3.05) is 0 Å². The number of aromatic nitrogens is 3. The minimum Gasteiger partial charge on any atom is -0.257 e. The average molecular weight is 173 g/mol. The van der Waals surface area contributed by atoms with Gasteiger partial charge in [0.2, 0.25) is 0 Å². The fourth-order valence-corrected chi connectivity index (χ4v) is 0.611. The molecule has 0 saturated heterocycles. The molecule has 0 bridgehead atoms. The molecule has 0 aliphatic carbocycles. The second-order valence-corrected chi connectivity index (χ2v) is 1.80. The van der Waals surface area contributed by atoms with E-state index in [4.69, 9.17) is 0 Å². The summed E-state index contributed by atoms with van der Waals surface area (Å²) in [5.41, 5.74) is 0. The quantitative estimate of drug-likeness (QED) is 0.338. The van der Waals surface area contributed by atoms with Crippen molar-refractivity contribution in [2.45, 2.75) is 6.29 Å². The molecule has 64 valence electrons. The molecule has 0 saturated carbocycles. The van der Waals surface area contributed by atoms with Crippen LogP contribution in [0.5, 0.6) is 0 Å². The predicted octanol–water partition coefficient (Wildman–Crippen LogP) is -0.712. The molecule has 1 aromatic heterocycles. The van der Waals surface area contributed by atoms with Gasteiger partial charge in [0.1, 0.15) is 9.85 Å². The van der Waals surface area contributed by atoms with E-state index < -0.39 is 16.1 Å². The fraction of sp³-hybridized carbons (Fsp3) is 0.333. The molecule has 0 amide bonds. The minimum absolute atomic E-state index is 0.556. The number of hydrogen-bond donors (Lipinski definition) is 0. The summed E-state index contributed by atoms with van der Waals surface area (Å²) in [6, 6.07) is 0. The Hall–Kier alpha value is -2.06. The molecule has 0 N–H and O–H groups in total. The van der Waals surface area contributed by atoms with Gasteiger partial charge in [0, 0.05) is 0 Å². The van der Waals surface area contributed by atoms with Crippen LogP contribution in [0.2, 0.25) is 0 Å². The molecule has 9 heteroatoms. The molecule has 9 nitrogen and oxygen atoms in total. The number of rotatable bonds is 3. The highest BCUT2D eigenvalue weighted by Crippen LogP contribution is 2.03. The molecular weight excluding hydrogens is 170 g/mol. The Bertz CT molecular complexity index is 280. The number of hydrogen-bond acceptors (Lipinski definition) is 6. The maximum absolute atomic E-state index is 10.1. The van der Waals surface area contributed by atoms with Gasteiger partial charge < -0.3 is 0 Å². The first-order chi connectivity index (χ1) is 5.63. The summed E-state index contributed by atoms with van der Waals surface area (Å²) in [5.74, 6) is 0. The second-order valence-electron chi connectivity index (χ2n) is 1.80. The lowest BCUT2D eigenvalue weighted by atomic mass is 10.8. The zero-order valence-electron chi connectivity index (χ0n) is 5.60. The molecule has 0 spiro atoms. The summed E-state index contributed by atoms with van der Waals surface area (Å²) in [7, 11) is 0. The first kappa shape index (κ1) is 8.04. The van der Waals surface area contributed by atoms with Crippen LogP contribution in [0.4, 0.5) is 0 Å². The standard InChI is InChI=1S/C3H3N5O4/c9-7(10)3(8(11)12)6-2-1-4-5-6/h1-3H. The van der Waals surface area contributed by atoms with Crippen molar-refractivity contribution in [3.63, 3.8) is 0 Å². The molecule has 0 aliphatic rings. The van der Waals surface area contributed by atoms with Gasteiger partial charge in [0.25, 0.3) is 0 Å². The van der Waals surface area contributed by atoms with Crippen LogP contribution >= 0.6 is 0 Å². The van der Waals surface area contributed by atoms with Gasteiger partial charge in [-0.3, -0.25) is 20.2 Å². The van der Waals surface area contributed by atoms with E-state index in [1.165, 1.54) is 0 Å². The van der Waals surface area contributed by atoms with Gasteiger partial charge in [-0.25, -0.2) is 0 Å². The van der Waals surface area contributed by atoms with E-state index in [1.54, 1.807) is 0 Å². The third-order valence-electron chi connectivity index (χ3n) is 1.05. The molecule has 1 rings (SSSR count). The molecule has 0 aliphatic heterocycles. The molecule has 12 heavy (non-hydrogen) atoms. The zero-order valence-corrected chi connectivity index (χ0v) is 5.60. The Morgan fingerprint density at radius 2 is 1.92 bits per heavy atom. The summed E-state index contributed by atoms with van der Waals surface area (Å²) in [6.45, 7) is 0. The van der Waals surface area contributed by atoms with E-state index in [9.17, 15) is 20.2 Å². The summed E-state index contributed by atoms with van der Waals surface area (Å²) >= 11 is 0. The number of nitro groups is 2. The smallest absolute Gasteiger partial charge is 0.257 e. The Morgan fingerprint density at radius 3 is 2.25 bits per heavy atom. The molecule has 1 aromatic rings. The summed E-state index contributed by atoms with van der Waals surface area (Å²) < 4.78 is 0.556. The van der Waals surface area contributed by atoms with Gasteiger partial charge in [0.15, 0.2) is 0 Å². The molecule has 0 radical (unpaired) electrons. The predicted molar refractivity (Wildman–Crippen MR) is 33.0 cm³/mol. The fourth-order valence-electron chi connectivity index (χ4n) is 0.611. The van der Waals surface area contributed by atoms with Crippen molar-refractivity contribution in [3.8, 4) is 0 Å². The summed E-state index contributed by atoms with van der Waals surface area (Å²) in [6.07, 6.45) is 0.0866. The van der Waals surface area contributed by atoms with Crippen LogP contribution in [-0.2, 0) is 0 Å². The third kappa shape index (κ3) is 1.33.